The first-order valence-corrected chi connectivity index (χ1v) is 12.3. The van der Waals surface area contributed by atoms with Gasteiger partial charge in [0.1, 0.15) is 6.54 Å². The van der Waals surface area contributed by atoms with Gasteiger partial charge in [0, 0.05) is 18.7 Å². The summed E-state index contributed by atoms with van der Waals surface area (Å²) in [5, 5.41) is -0.294. The van der Waals surface area contributed by atoms with Gasteiger partial charge in [-0.25, -0.2) is 4.79 Å². The normalized spacial score (nSPS) is 17.1. The molecule has 0 aliphatic carbocycles. The minimum absolute atomic E-state index is 0.0797. The van der Waals surface area contributed by atoms with E-state index < -0.39 is 17.1 Å². The molecule has 0 saturated carbocycles. The number of ether oxygens (including phenoxy) is 2. The Kier molecular flexibility index (Phi) is 7.77. The van der Waals surface area contributed by atoms with Gasteiger partial charge in [-0.15, -0.1) is 0 Å². The summed E-state index contributed by atoms with van der Waals surface area (Å²) >= 11 is 6.85. The van der Waals surface area contributed by atoms with Gasteiger partial charge in [0.25, 0.3) is 11.1 Å². The summed E-state index contributed by atoms with van der Waals surface area (Å²) in [5.41, 5.74) is 0.528. The number of likely N-dealkylation sites (tertiary alicyclic amines) is 1. The number of piperidine rings is 1. The van der Waals surface area contributed by atoms with E-state index in [1.54, 1.807) is 41.3 Å². The molecular weight excluding hydrogens is 492 g/mol. The van der Waals surface area contributed by atoms with Crippen LogP contribution in [0.3, 0.4) is 0 Å². The Morgan fingerprint density at radius 3 is 2.51 bits per heavy atom. The molecule has 0 unspecified atom stereocenters. The number of hydrogen-bond donors (Lipinski definition) is 0. The second-order valence-electron chi connectivity index (χ2n) is 7.96. The summed E-state index contributed by atoms with van der Waals surface area (Å²) in [6.07, 6.45) is 4.35. The zero-order valence-corrected chi connectivity index (χ0v) is 20.6. The van der Waals surface area contributed by atoms with E-state index in [1.165, 1.54) is 19.3 Å². The maximum atomic E-state index is 13.0. The van der Waals surface area contributed by atoms with Crippen molar-refractivity contribution >= 4 is 52.5 Å². The van der Waals surface area contributed by atoms with Gasteiger partial charge in [-0.1, -0.05) is 35.9 Å². The Balaban J connectivity index is 1.57. The number of carbonyl (C=O) groups is 4. The topological polar surface area (TPSA) is 93.2 Å². The fraction of sp³-hybridized carbons (Fsp3) is 0.280. The van der Waals surface area contributed by atoms with Crippen LogP contribution in [-0.4, -0.2) is 59.6 Å². The number of carbonyl (C=O) groups excluding carboxylic acids is 4. The van der Waals surface area contributed by atoms with Crippen LogP contribution in [0.4, 0.5) is 4.79 Å². The Morgan fingerprint density at radius 2 is 1.80 bits per heavy atom. The smallest absolute Gasteiger partial charge is 0.345 e. The predicted octanol–water partition coefficient (Wildman–Crippen LogP) is 4.62. The minimum atomic E-state index is -0.699. The van der Waals surface area contributed by atoms with Gasteiger partial charge in [0.05, 0.1) is 22.6 Å². The van der Waals surface area contributed by atoms with Crippen LogP contribution < -0.4 is 9.47 Å². The van der Waals surface area contributed by atoms with Gasteiger partial charge in [0.15, 0.2) is 11.5 Å². The molecule has 0 aromatic heterocycles. The standard InChI is InChI=1S/C25H23ClN2O6S/c1-33-19-11-7-8-16(22(19)34-24(31)17-9-3-4-10-18(17)26)14-20-23(30)28(25(32)35-20)15-21(29)27-12-5-2-6-13-27/h3-4,7-11,14H,2,5-6,12-13,15H2,1H3/b20-14-. The fourth-order valence-electron chi connectivity index (χ4n) is 3.85. The molecule has 2 aromatic rings. The van der Waals surface area contributed by atoms with Gasteiger partial charge in [-0.05, 0) is 55.3 Å². The average molecular weight is 515 g/mol. The molecule has 2 aliphatic rings. The van der Waals surface area contributed by atoms with Crippen molar-refractivity contribution in [1.82, 2.24) is 9.80 Å². The second kappa shape index (κ2) is 11.0. The highest BCUT2D eigenvalue weighted by atomic mass is 35.5. The van der Waals surface area contributed by atoms with E-state index >= 15 is 0 Å². The first-order chi connectivity index (χ1) is 16.9. The third-order valence-corrected chi connectivity index (χ3v) is 6.92. The average Bonchev–Trinajstić information content (AvgIpc) is 3.13. The van der Waals surface area contributed by atoms with Gasteiger partial charge in [-0.3, -0.25) is 19.3 Å². The molecule has 2 saturated heterocycles. The van der Waals surface area contributed by atoms with E-state index in [-0.39, 0.29) is 39.4 Å². The molecule has 0 N–H and O–H groups in total. The first-order valence-electron chi connectivity index (χ1n) is 11.1. The Bertz CT molecular complexity index is 1210. The van der Waals surface area contributed by atoms with Crippen LogP contribution >= 0.6 is 23.4 Å². The van der Waals surface area contributed by atoms with Crippen LogP contribution in [0.25, 0.3) is 6.08 Å². The summed E-state index contributed by atoms with van der Waals surface area (Å²) in [7, 11) is 1.42. The Labute approximate surface area is 211 Å². The highest BCUT2D eigenvalue weighted by Crippen LogP contribution is 2.38. The Hall–Kier alpha value is -3.30. The molecule has 0 spiro atoms. The zero-order chi connectivity index (χ0) is 24.9. The lowest BCUT2D eigenvalue weighted by atomic mass is 10.1. The first kappa shape index (κ1) is 24.8. The number of halogens is 1. The number of nitrogens with zero attached hydrogens (tertiary/aromatic N) is 2. The molecule has 4 rings (SSSR count). The number of hydrogen-bond acceptors (Lipinski definition) is 7. The molecule has 3 amide bonds. The van der Waals surface area contributed by atoms with Crippen molar-refractivity contribution in [3.8, 4) is 11.5 Å². The van der Waals surface area contributed by atoms with Crippen molar-refractivity contribution in [2.45, 2.75) is 19.3 Å². The maximum absolute atomic E-state index is 13.0. The molecule has 2 aliphatic heterocycles. The zero-order valence-electron chi connectivity index (χ0n) is 19.0. The van der Waals surface area contributed by atoms with E-state index in [9.17, 15) is 19.2 Å². The van der Waals surface area contributed by atoms with E-state index in [0.29, 0.717) is 18.7 Å². The summed E-state index contributed by atoms with van der Waals surface area (Å²) in [6, 6.07) is 11.4. The maximum Gasteiger partial charge on any atom is 0.345 e. The molecule has 35 heavy (non-hydrogen) atoms. The number of para-hydroxylation sites is 1. The van der Waals surface area contributed by atoms with Gasteiger partial charge >= 0.3 is 5.97 Å². The minimum Gasteiger partial charge on any atom is -0.493 e. The van der Waals surface area contributed by atoms with Crippen LogP contribution in [0.1, 0.15) is 35.2 Å². The number of methoxy groups -OCH3 is 1. The van der Waals surface area contributed by atoms with Crippen molar-refractivity contribution in [1.29, 1.82) is 0 Å². The number of benzene rings is 2. The van der Waals surface area contributed by atoms with Gasteiger partial charge < -0.3 is 14.4 Å². The molecule has 0 atom stereocenters. The lowest BCUT2D eigenvalue weighted by Gasteiger charge is -2.27. The summed E-state index contributed by atoms with van der Waals surface area (Å²) in [4.78, 5) is 53.6. The predicted molar refractivity (Wildman–Crippen MR) is 133 cm³/mol. The molecule has 2 aromatic carbocycles. The monoisotopic (exact) mass is 514 g/mol. The van der Waals surface area contributed by atoms with Crippen molar-refractivity contribution in [2.24, 2.45) is 0 Å². The largest absolute Gasteiger partial charge is 0.493 e. The number of imide groups is 1. The van der Waals surface area contributed by atoms with Crippen molar-refractivity contribution in [3.63, 3.8) is 0 Å². The van der Waals surface area contributed by atoms with Crippen LogP contribution in [0.5, 0.6) is 11.5 Å². The molecule has 0 radical (unpaired) electrons. The molecule has 2 fully saturated rings. The second-order valence-corrected chi connectivity index (χ2v) is 9.36. The quantitative estimate of drug-likeness (QED) is 0.315. The fourth-order valence-corrected chi connectivity index (χ4v) is 4.89. The van der Waals surface area contributed by atoms with Crippen molar-refractivity contribution in [3.05, 3.63) is 63.5 Å². The van der Waals surface area contributed by atoms with E-state index in [1.807, 2.05) is 0 Å². The van der Waals surface area contributed by atoms with Crippen LogP contribution in [0.15, 0.2) is 47.4 Å². The third-order valence-electron chi connectivity index (χ3n) is 5.68. The lowest BCUT2D eigenvalue weighted by Crippen LogP contribution is -2.44. The van der Waals surface area contributed by atoms with Gasteiger partial charge in [-0.2, -0.15) is 0 Å². The van der Waals surface area contributed by atoms with Crippen molar-refractivity contribution in [2.75, 3.05) is 26.7 Å². The number of thioether (sulfide) groups is 1. The molecule has 8 nitrogen and oxygen atoms in total. The molecule has 10 heteroatoms. The van der Waals surface area contributed by atoms with Crippen molar-refractivity contribution < 1.29 is 28.7 Å². The summed E-state index contributed by atoms with van der Waals surface area (Å²) in [5.74, 6) is -1.18. The molecule has 182 valence electrons. The van der Waals surface area contributed by atoms with E-state index in [0.717, 1.165) is 35.9 Å². The SMILES string of the molecule is COc1cccc(/C=C2\SC(=O)N(CC(=O)N3CCCCC3)C2=O)c1OC(=O)c1ccccc1Cl. The number of amides is 3. The number of rotatable bonds is 6. The van der Waals surface area contributed by atoms with E-state index in [2.05, 4.69) is 0 Å². The molecular formula is C25H23ClN2O6S. The number of esters is 1. The highest BCUT2D eigenvalue weighted by molar-refractivity contribution is 8.18. The molecule has 2 heterocycles. The Morgan fingerprint density at radius 1 is 1.06 bits per heavy atom. The van der Waals surface area contributed by atoms with Crippen LogP contribution in [0, 0.1) is 0 Å². The van der Waals surface area contributed by atoms with Gasteiger partial charge in [0.2, 0.25) is 5.91 Å². The lowest BCUT2D eigenvalue weighted by molar-refractivity contribution is -0.136. The van der Waals surface area contributed by atoms with Crippen LogP contribution in [0.2, 0.25) is 5.02 Å². The van der Waals surface area contributed by atoms with Crippen LogP contribution in [-0.2, 0) is 9.59 Å². The highest BCUT2D eigenvalue weighted by Gasteiger charge is 2.37. The molecule has 0 bridgehead atoms. The summed E-state index contributed by atoms with van der Waals surface area (Å²) < 4.78 is 11.0. The van der Waals surface area contributed by atoms with E-state index in [4.69, 9.17) is 21.1 Å². The summed E-state index contributed by atoms with van der Waals surface area (Å²) in [6.45, 7) is 0.970. The third kappa shape index (κ3) is 5.52.